The van der Waals surface area contributed by atoms with Crippen LogP contribution in [0.25, 0.3) is 0 Å². The second-order valence-corrected chi connectivity index (χ2v) is 5.74. The number of rotatable bonds is 7. The van der Waals surface area contributed by atoms with E-state index in [1.807, 2.05) is 6.92 Å². The van der Waals surface area contributed by atoms with Crippen LogP contribution in [0, 0.1) is 10.1 Å². The number of carbonyl (C=O) groups is 1. The third-order valence-corrected chi connectivity index (χ3v) is 3.85. The smallest absolute Gasteiger partial charge is 0.276 e. The summed E-state index contributed by atoms with van der Waals surface area (Å²) in [7, 11) is 1.50. The molecule has 28 heavy (non-hydrogen) atoms. The number of para-hydroxylation sites is 2. The number of anilines is 1. The van der Waals surface area contributed by atoms with Crippen LogP contribution < -0.4 is 14.8 Å². The molecule has 0 spiro atoms. The van der Waals surface area contributed by atoms with Crippen molar-refractivity contribution >= 4 is 17.3 Å². The molecular weight excluding hydrogens is 364 g/mol. The van der Waals surface area contributed by atoms with Gasteiger partial charge in [0, 0.05) is 24.9 Å². The lowest BCUT2D eigenvalue weighted by atomic mass is 10.2. The van der Waals surface area contributed by atoms with Gasteiger partial charge in [-0.2, -0.15) is 5.10 Å². The molecule has 0 saturated carbocycles. The fourth-order valence-electron chi connectivity index (χ4n) is 2.50. The average molecular weight is 382 g/mol. The van der Waals surface area contributed by atoms with Crippen LogP contribution in [0.1, 0.15) is 17.4 Å². The zero-order valence-corrected chi connectivity index (χ0v) is 15.3. The minimum Gasteiger partial charge on any atom is -0.493 e. The van der Waals surface area contributed by atoms with E-state index in [2.05, 4.69) is 10.4 Å². The zero-order valence-electron chi connectivity index (χ0n) is 15.3. The van der Waals surface area contributed by atoms with E-state index in [4.69, 9.17) is 9.47 Å². The van der Waals surface area contributed by atoms with Gasteiger partial charge in [0.15, 0.2) is 17.2 Å². The molecule has 1 amide bonds. The van der Waals surface area contributed by atoms with E-state index in [0.717, 1.165) is 0 Å². The van der Waals surface area contributed by atoms with E-state index in [1.54, 1.807) is 41.2 Å². The molecule has 0 aliphatic carbocycles. The number of nitrogens with zero attached hydrogens (tertiary/aromatic N) is 3. The Labute approximate surface area is 160 Å². The van der Waals surface area contributed by atoms with Crippen LogP contribution in [0.15, 0.2) is 54.7 Å². The third kappa shape index (κ3) is 4.26. The largest absolute Gasteiger partial charge is 0.493 e. The van der Waals surface area contributed by atoms with Crippen molar-refractivity contribution in [3.63, 3.8) is 0 Å². The second kappa shape index (κ2) is 8.21. The SMILES string of the molecule is CCn1ccc(C(=O)Nc2cc(Oc3ccccc3OC)cc([N+](=O)[O-])c2)n1. The standard InChI is InChI=1S/C19H18N4O5/c1-3-22-9-8-16(21-22)19(24)20-13-10-14(23(25)26)12-15(11-13)28-18-7-5-4-6-17(18)27-2/h4-12H,3H2,1-2H3,(H,20,24). The van der Waals surface area contributed by atoms with Gasteiger partial charge in [-0.25, -0.2) is 0 Å². The number of benzene rings is 2. The Hall–Kier alpha value is -3.88. The predicted octanol–water partition coefficient (Wildman–Crippen LogP) is 3.86. The van der Waals surface area contributed by atoms with Gasteiger partial charge < -0.3 is 14.8 Å². The molecule has 9 heteroatoms. The van der Waals surface area contributed by atoms with E-state index < -0.39 is 10.8 Å². The lowest BCUT2D eigenvalue weighted by molar-refractivity contribution is -0.384. The summed E-state index contributed by atoms with van der Waals surface area (Å²) in [6.07, 6.45) is 1.68. The summed E-state index contributed by atoms with van der Waals surface area (Å²) in [5.74, 6) is 0.582. The summed E-state index contributed by atoms with van der Waals surface area (Å²) in [6, 6.07) is 12.5. The van der Waals surface area contributed by atoms with Crippen LogP contribution >= 0.6 is 0 Å². The Balaban J connectivity index is 1.89. The van der Waals surface area contributed by atoms with Crippen molar-refractivity contribution in [3.05, 3.63) is 70.5 Å². The molecule has 1 aromatic heterocycles. The maximum atomic E-state index is 12.4. The molecular formula is C19H18N4O5. The normalized spacial score (nSPS) is 10.4. The fourth-order valence-corrected chi connectivity index (χ4v) is 2.50. The van der Waals surface area contributed by atoms with Gasteiger partial charge in [0.25, 0.3) is 11.6 Å². The number of aryl methyl sites for hydroxylation is 1. The molecule has 1 heterocycles. The van der Waals surface area contributed by atoms with Crippen molar-refractivity contribution in [1.82, 2.24) is 9.78 Å². The number of carbonyl (C=O) groups excluding carboxylic acids is 1. The van der Waals surface area contributed by atoms with Gasteiger partial charge in [-0.05, 0) is 25.1 Å². The van der Waals surface area contributed by atoms with Crippen molar-refractivity contribution < 1.29 is 19.2 Å². The first-order valence-electron chi connectivity index (χ1n) is 8.45. The van der Waals surface area contributed by atoms with Crippen molar-refractivity contribution in [2.24, 2.45) is 0 Å². The first kappa shape index (κ1) is 18.9. The number of non-ortho nitro benzene ring substituents is 1. The summed E-state index contributed by atoms with van der Waals surface area (Å²) < 4.78 is 12.6. The molecule has 2 aromatic carbocycles. The van der Waals surface area contributed by atoms with Crippen LogP contribution in [0.3, 0.4) is 0 Å². The van der Waals surface area contributed by atoms with Gasteiger partial charge in [0.05, 0.1) is 23.8 Å². The summed E-state index contributed by atoms with van der Waals surface area (Å²) in [5.41, 5.74) is 0.206. The fraction of sp³-hybridized carbons (Fsp3) is 0.158. The average Bonchev–Trinajstić information content (AvgIpc) is 3.17. The van der Waals surface area contributed by atoms with Crippen molar-refractivity contribution in [2.75, 3.05) is 12.4 Å². The number of methoxy groups -OCH3 is 1. The Kier molecular flexibility index (Phi) is 5.54. The van der Waals surface area contributed by atoms with Crippen molar-refractivity contribution in [1.29, 1.82) is 0 Å². The molecule has 3 aromatic rings. The quantitative estimate of drug-likeness (QED) is 0.491. The van der Waals surface area contributed by atoms with E-state index >= 15 is 0 Å². The van der Waals surface area contributed by atoms with Gasteiger partial charge >= 0.3 is 0 Å². The molecule has 9 nitrogen and oxygen atoms in total. The number of hydrogen-bond donors (Lipinski definition) is 1. The first-order chi connectivity index (χ1) is 13.5. The van der Waals surface area contributed by atoms with Gasteiger partial charge in [-0.1, -0.05) is 12.1 Å². The summed E-state index contributed by atoms with van der Waals surface area (Å²) in [4.78, 5) is 23.1. The van der Waals surface area contributed by atoms with Crippen LogP contribution in [0.5, 0.6) is 17.2 Å². The van der Waals surface area contributed by atoms with Crippen LogP contribution in [0.4, 0.5) is 11.4 Å². The Morgan fingerprint density at radius 1 is 1.21 bits per heavy atom. The number of aromatic nitrogens is 2. The highest BCUT2D eigenvalue weighted by Gasteiger charge is 2.16. The van der Waals surface area contributed by atoms with E-state index in [1.165, 1.54) is 25.3 Å². The van der Waals surface area contributed by atoms with Gasteiger partial charge in [0.2, 0.25) is 0 Å². The molecule has 0 fully saturated rings. The van der Waals surface area contributed by atoms with Gasteiger partial charge in [-0.15, -0.1) is 0 Å². The number of ether oxygens (including phenoxy) is 2. The Morgan fingerprint density at radius 2 is 1.96 bits per heavy atom. The minimum atomic E-state index is -0.559. The number of hydrogen-bond acceptors (Lipinski definition) is 6. The maximum Gasteiger partial charge on any atom is 0.276 e. The highest BCUT2D eigenvalue weighted by atomic mass is 16.6. The van der Waals surface area contributed by atoms with Crippen LogP contribution in [-0.4, -0.2) is 27.7 Å². The molecule has 0 aliphatic rings. The number of nitrogens with one attached hydrogen (secondary N) is 1. The Bertz CT molecular complexity index is 1020. The van der Waals surface area contributed by atoms with E-state index in [-0.39, 0.29) is 22.8 Å². The molecule has 144 valence electrons. The molecule has 3 rings (SSSR count). The third-order valence-electron chi connectivity index (χ3n) is 3.85. The van der Waals surface area contributed by atoms with Crippen LogP contribution in [0.2, 0.25) is 0 Å². The summed E-state index contributed by atoms with van der Waals surface area (Å²) >= 11 is 0. The number of nitro benzene ring substituents is 1. The second-order valence-electron chi connectivity index (χ2n) is 5.74. The molecule has 0 radical (unpaired) electrons. The van der Waals surface area contributed by atoms with Gasteiger partial charge in [-0.3, -0.25) is 19.6 Å². The monoisotopic (exact) mass is 382 g/mol. The molecule has 0 bridgehead atoms. The predicted molar refractivity (Wildman–Crippen MR) is 102 cm³/mol. The minimum absolute atomic E-state index is 0.188. The molecule has 1 N–H and O–H groups in total. The lowest BCUT2D eigenvalue weighted by Crippen LogP contribution is -2.13. The van der Waals surface area contributed by atoms with Gasteiger partial charge in [0.1, 0.15) is 5.75 Å². The van der Waals surface area contributed by atoms with E-state index in [9.17, 15) is 14.9 Å². The molecule has 0 saturated heterocycles. The Morgan fingerprint density at radius 3 is 2.61 bits per heavy atom. The number of nitro groups is 1. The highest BCUT2D eigenvalue weighted by Crippen LogP contribution is 2.34. The van der Waals surface area contributed by atoms with Crippen molar-refractivity contribution in [3.8, 4) is 17.2 Å². The molecule has 0 atom stereocenters. The maximum absolute atomic E-state index is 12.4. The molecule has 0 aliphatic heterocycles. The lowest BCUT2D eigenvalue weighted by Gasteiger charge is -2.11. The number of amides is 1. The van der Waals surface area contributed by atoms with Crippen molar-refractivity contribution in [2.45, 2.75) is 13.5 Å². The highest BCUT2D eigenvalue weighted by molar-refractivity contribution is 6.03. The topological polar surface area (TPSA) is 109 Å². The van der Waals surface area contributed by atoms with E-state index in [0.29, 0.717) is 18.0 Å². The molecule has 0 unspecified atom stereocenters. The zero-order chi connectivity index (χ0) is 20.1. The summed E-state index contributed by atoms with van der Waals surface area (Å²) in [5, 5.41) is 18.0. The first-order valence-corrected chi connectivity index (χ1v) is 8.45. The van der Waals surface area contributed by atoms with Crippen LogP contribution in [-0.2, 0) is 6.54 Å². The summed E-state index contributed by atoms with van der Waals surface area (Å²) in [6.45, 7) is 2.53.